The van der Waals surface area contributed by atoms with Crippen molar-refractivity contribution in [2.75, 3.05) is 0 Å². The first-order chi connectivity index (χ1) is 7.37. The largest absolute Gasteiger partial charge is 0.399 e. The predicted octanol–water partition coefficient (Wildman–Crippen LogP) is -2.77. The van der Waals surface area contributed by atoms with E-state index in [-0.39, 0.29) is 22.8 Å². The van der Waals surface area contributed by atoms with E-state index in [0.29, 0.717) is 22.7 Å². The Morgan fingerprint density at radius 3 is 1.44 bits per heavy atom. The molecule has 0 radical (unpaired) electrons. The molecule has 16 heavy (non-hydrogen) atoms. The van der Waals surface area contributed by atoms with Crippen molar-refractivity contribution >= 4 is 0 Å². The first-order valence-electron chi connectivity index (χ1n) is 4.64. The minimum atomic E-state index is -0.452. The van der Waals surface area contributed by atoms with Crippen molar-refractivity contribution in [2.45, 2.75) is 0 Å². The van der Waals surface area contributed by atoms with Gasteiger partial charge in [-0.2, -0.15) is 0 Å². The van der Waals surface area contributed by atoms with Crippen LogP contribution >= 0.6 is 0 Å². The molecular weight excluding hydrogens is 206 g/mol. The maximum Gasteiger partial charge on any atom is 0.0803 e. The molecule has 2 rings (SSSR count). The van der Waals surface area contributed by atoms with E-state index in [0.717, 1.165) is 0 Å². The van der Waals surface area contributed by atoms with Crippen molar-refractivity contribution < 1.29 is 0 Å². The van der Waals surface area contributed by atoms with Gasteiger partial charge in [-0.05, 0) is 0 Å². The van der Waals surface area contributed by atoms with E-state index in [1.807, 2.05) is 0 Å². The highest BCUT2D eigenvalue weighted by Crippen LogP contribution is 2.40. The normalized spacial score (nSPS) is 25.6. The molecule has 0 bridgehead atoms. The molecular formula is C9H15N7. The second kappa shape index (κ2) is 2.78. The lowest BCUT2D eigenvalue weighted by Crippen LogP contribution is -2.33. The van der Waals surface area contributed by atoms with Gasteiger partial charge in [0.05, 0.1) is 34.4 Å². The van der Waals surface area contributed by atoms with Crippen LogP contribution in [-0.4, -0.2) is 0 Å². The van der Waals surface area contributed by atoms with Gasteiger partial charge in [-0.15, -0.1) is 0 Å². The van der Waals surface area contributed by atoms with Crippen molar-refractivity contribution in [2.24, 2.45) is 46.1 Å². The Morgan fingerprint density at radius 1 is 0.500 bits per heavy atom. The number of hydrogen-bond donors (Lipinski definition) is 7. The van der Waals surface area contributed by atoms with Gasteiger partial charge < -0.3 is 40.1 Å². The van der Waals surface area contributed by atoms with Gasteiger partial charge in [0.25, 0.3) is 0 Å². The molecule has 14 N–H and O–H groups in total. The fourth-order valence-corrected chi connectivity index (χ4v) is 1.99. The molecule has 0 aromatic rings. The van der Waals surface area contributed by atoms with E-state index in [2.05, 4.69) is 0 Å². The predicted molar refractivity (Wildman–Crippen MR) is 60.9 cm³/mol. The Kier molecular flexibility index (Phi) is 1.75. The second-order valence-electron chi connectivity index (χ2n) is 3.83. The third-order valence-corrected chi connectivity index (χ3v) is 2.98. The average molecular weight is 221 g/mol. The number of nitrogens with two attached hydrogens (primary N) is 7. The van der Waals surface area contributed by atoms with Crippen LogP contribution in [0.1, 0.15) is 0 Å². The molecule has 1 atom stereocenters. The van der Waals surface area contributed by atoms with Gasteiger partial charge in [-0.1, -0.05) is 0 Å². The summed E-state index contributed by atoms with van der Waals surface area (Å²) in [6, 6.07) is 0. The van der Waals surface area contributed by atoms with Crippen molar-refractivity contribution in [1.29, 1.82) is 0 Å². The maximum atomic E-state index is 5.86. The van der Waals surface area contributed by atoms with Crippen LogP contribution in [0.15, 0.2) is 45.5 Å². The molecule has 2 aliphatic rings. The summed E-state index contributed by atoms with van der Waals surface area (Å²) >= 11 is 0. The zero-order valence-electron chi connectivity index (χ0n) is 8.62. The summed E-state index contributed by atoms with van der Waals surface area (Å²) in [4.78, 5) is 0. The van der Waals surface area contributed by atoms with Gasteiger partial charge in [-0.25, -0.2) is 0 Å². The summed E-state index contributed by atoms with van der Waals surface area (Å²) in [5, 5.41) is 0. The first-order valence-corrected chi connectivity index (χ1v) is 4.64. The van der Waals surface area contributed by atoms with E-state index in [4.69, 9.17) is 40.1 Å². The van der Waals surface area contributed by atoms with E-state index in [1.165, 1.54) is 0 Å². The zero-order chi connectivity index (χ0) is 12.2. The summed E-state index contributed by atoms with van der Waals surface area (Å²) in [5.74, 6) is -0.452. The van der Waals surface area contributed by atoms with Crippen molar-refractivity contribution in [1.82, 2.24) is 0 Å². The fraction of sp³-hybridized carbons (Fsp3) is 0.111. The molecule has 0 fully saturated rings. The minimum absolute atomic E-state index is 0.217. The zero-order valence-corrected chi connectivity index (χ0v) is 8.62. The van der Waals surface area contributed by atoms with Crippen LogP contribution in [-0.2, 0) is 0 Å². The molecule has 0 heterocycles. The van der Waals surface area contributed by atoms with Crippen LogP contribution in [0.2, 0.25) is 0 Å². The molecule has 0 saturated carbocycles. The topological polar surface area (TPSA) is 182 Å². The lowest BCUT2D eigenvalue weighted by molar-refractivity contribution is 0.778. The Labute approximate surface area is 92.3 Å². The second-order valence-corrected chi connectivity index (χ2v) is 3.83. The summed E-state index contributed by atoms with van der Waals surface area (Å²) < 4.78 is 0. The molecule has 0 aromatic heterocycles. The van der Waals surface area contributed by atoms with Gasteiger partial charge >= 0.3 is 0 Å². The van der Waals surface area contributed by atoms with Gasteiger partial charge in [0.2, 0.25) is 0 Å². The van der Waals surface area contributed by atoms with Gasteiger partial charge in [0, 0.05) is 17.0 Å². The van der Waals surface area contributed by atoms with E-state index in [1.54, 1.807) is 0 Å². The molecule has 0 amide bonds. The van der Waals surface area contributed by atoms with Gasteiger partial charge in [0.15, 0.2) is 0 Å². The highest BCUT2D eigenvalue weighted by Gasteiger charge is 2.38. The van der Waals surface area contributed by atoms with Gasteiger partial charge in [-0.3, -0.25) is 0 Å². The standard InChI is InChI=1S/C9H15N7/c10-3-1-2(4(11)7(3)14)6(13)9(16)8(15)5(1)12/h1H,10-16H2. The number of rotatable bonds is 0. The van der Waals surface area contributed by atoms with E-state index < -0.39 is 5.92 Å². The van der Waals surface area contributed by atoms with Crippen molar-refractivity contribution in [3.8, 4) is 0 Å². The lowest BCUT2D eigenvalue weighted by Gasteiger charge is -2.26. The third-order valence-electron chi connectivity index (χ3n) is 2.98. The fourth-order valence-electron chi connectivity index (χ4n) is 1.99. The average Bonchev–Trinajstić information content (AvgIpc) is 2.48. The molecule has 2 aliphatic carbocycles. The molecule has 86 valence electrons. The summed E-state index contributed by atoms with van der Waals surface area (Å²) in [6.07, 6.45) is 0. The first kappa shape index (κ1) is 10.1. The van der Waals surface area contributed by atoms with Crippen LogP contribution in [0, 0.1) is 5.92 Å². The molecule has 0 spiro atoms. The Morgan fingerprint density at radius 2 is 0.938 bits per heavy atom. The molecule has 0 aliphatic heterocycles. The molecule has 1 unspecified atom stereocenters. The maximum absolute atomic E-state index is 5.86. The van der Waals surface area contributed by atoms with Crippen LogP contribution in [0.5, 0.6) is 0 Å². The molecule has 0 saturated heterocycles. The summed E-state index contributed by atoms with van der Waals surface area (Å²) in [6.45, 7) is 0. The van der Waals surface area contributed by atoms with E-state index >= 15 is 0 Å². The molecule has 7 nitrogen and oxygen atoms in total. The van der Waals surface area contributed by atoms with Crippen LogP contribution in [0.4, 0.5) is 0 Å². The summed E-state index contributed by atoms with van der Waals surface area (Å²) in [5.41, 5.74) is 43.1. The van der Waals surface area contributed by atoms with Crippen LogP contribution in [0.25, 0.3) is 0 Å². The Bertz CT molecular complexity index is 500. The van der Waals surface area contributed by atoms with Crippen molar-refractivity contribution in [3.05, 3.63) is 45.5 Å². The highest BCUT2D eigenvalue weighted by atomic mass is 14.9. The lowest BCUT2D eigenvalue weighted by atomic mass is 9.87. The SMILES string of the molecule is NC1=C(N)C2=C(N)C(N)=C(N)C2C(N)=C1N. The number of hydrogen-bond acceptors (Lipinski definition) is 7. The summed E-state index contributed by atoms with van der Waals surface area (Å²) in [7, 11) is 0. The smallest absolute Gasteiger partial charge is 0.0803 e. The molecule has 7 heteroatoms. The number of fused-ring (bicyclic) bond motifs is 1. The molecule has 0 aromatic carbocycles. The quantitative estimate of drug-likeness (QED) is 0.231. The van der Waals surface area contributed by atoms with E-state index in [9.17, 15) is 0 Å². The minimum Gasteiger partial charge on any atom is -0.399 e. The Balaban J connectivity index is 2.74. The third kappa shape index (κ3) is 0.914. The monoisotopic (exact) mass is 221 g/mol. The van der Waals surface area contributed by atoms with Crippen molar-refractivity contribution in [3.63, 3.8) is 0 Å². The van der Waals surface area contributed by atoms with Crippen LogP contribution in [0.3, 0.4) is 0 Å². The van der Waals surface area contributed by atoms with Gasteiger partial charge in [0.1, 0.15) is 0 Å². The van der Waals surface area contributed by atoms with Crippen LogP contribution < -0.4 is 40.1 Å². The highest BCUT2D eigenvalue weighted by molar-refractivity contribution is 5.62. The Hall–Kier alpha value is -2.44. The number of allylic oxidation sites excluding steroid dienone is 1.